The van der Waals surface area contributed by atoms with E-state index in [0.717, 1.165) is 0 Å². The zero-order valence-corrected chi connectivity index (χ0v) is 8.71. The molecule has 0 aliphatic heterocycles. The minimum atomic E-state index is 0.688. The van der Waals surface area contributed by atoms with Gasteiger partial charge < -0.3 is 4.90 Å². The van der Waals surface area contributed by atoms with Gasteiger partial charge in [-0.1, -0.05) is 6.92 Å². The minimum absolute atomic E-state index is 0.688. The van der Waals surface area contributed by atoms with Crippen LogP contribution in [-0.2, 0) is 0 Å². The molecule has 0 bridgehead atoms. The van der Waals surface area contributed by atoms with Crippen molar-refractivity contribution in [2.24, 2.45) is 5.41 Å². The Hall–Kier alpha value is 0.310. The molecule has 1 aliphatic carbocycles. The van der Waals surface area contributed by atoms with Gasteiger partial charge in [-0.25, -0.2) is 0 Å². The van der Waals surface area contributed by atoms with Crippen molar-refractivity contribution in [2.45, 2.75) is 19.8 Å². The van der Waals surface area contributed by atoms with Crippen LogP contribution in [-0.4, -0.2) is 37.0 Å². The summed E-state index contributed by atoms with van der Waals surface area (Å²) in [6.45, 7) is 4.94. The molecule has 0 unspecified atom stereocenters. The van der Waals surface area contributed by atoms with Gasteiger partial charge in [0, 0.05) is 18.8 Å². The molecule has 1 nitrogen and oxygen atoms in total. The minimum Gasteiger partial charge on any atom is -0.305 e. The largest absolute Gasteiger partial charge is 0.305 e. The number of hydrogen-bond acceptors (Lipinski definition) is 2. The van der Waals surface area contributed by atoms with Gasteiger partial charge in [-0.05, 0) is 31.6 Å². The maximum Gasteiger partial charge on any atom is 0.00694 e. The van der Waals surface area contributed by atoms with Crippen molar-refractivity contribution >= 4 is 11.8 Å². The summed E-state index contributed by atoms with van der Waals surface area (Å²) in [5.41, 5.74) is 0.688. The van der Waals surface area contributed by atoms with Crippen LogP contribution in [0, 0.1) is 5.41 Å². The van der Waals surface area contributed by atoms with Crippen LogP contribution in [0.1, 0.15) is 19.8 Å². The molecule has 1 rings (SSSR count). The van der Waals surface area contributed by atoms with Gasteiger partial charge in [0.05, 0.1) is 0 Å². The average Bonchev–Trinajstić information content (AvgIpc) is 2.63. The first-order valence-electron chi connectivity index (χ1n) is 4.34. The van der Waals surface area contributed by atoms with Crippen LogP contribution in [0.5, 0.6) is 0 Å². The first-order chi connectivity index (χ1) is 5.16. The van der Waals surface area contributed by atoms with E-state index >= 15 is 0 Å². The maximum absolute atomic E-state index is 2.46. The summed E-state index contributed by atoms with van der Waals surface area (Å²) >= 11 is 1.93. The van der Waals surface area contributed by atoms with Crippen molar-refractivity contribution in [3.63, 3.8) is 0 Å². The van der Waals surface area contributed by atoms with Crippen LogP contribution in [0.15, 0.2) is 0 Å². The molecule has 1 fully saturated rings. The molecule has 11 heavy (non-hydrogen) atoms. The Morgan fingerprint density at radius 3 is 2.55 bits per heavy atom. The Morgan fingerprint density at radius 2 is 2.09 bits per heavy atom. The first-order valence-corrected chi connectivity index (χ1v) is 5.73. The summed E-state index contributed by atoms with van der Waals surface area (Å²) in [7, 11) is 2.24. The highest BCUT2D eigenvalue weighted by Crippen LogP contribution is 2.45. The van der Waals surface area contributed by atoms with Gasteiger partial charge >= 0.3 is 0 Å². The Labute approximate surface area is 74.5 Å². The third-order valence-electron chi connectivity index (χ3n) is 2.43. The summed E-state index contributed by atoms with van der Waals surface area (Å²) in [5.74, 6) is 1.27. The third kappa shape index (κ3) is 3.48. The molecule has 0 heterocycles. The topological polar surface area (TPSA) is 3.24 Å². The van der Waals surface area contributed by atoms with Crippen molar-refractivity contribution in [2.75, 3.05) is 32.1 Å². The molecular formula is C9H19NS. The van der Waals surface area contributed by atoms with E-state index in [1.165, 1.54) is 31.7 Å². The van der Waals surface area contributed by atoms with Gasteiger partial charge in [0.1, 0.15) is 0 Å². The fourth-order valence-corrected chi connectivity index (χ4v) is 1.84. The Morgan fingerprint density at radius 1 is 1.45 bits per heavy atom. The number of nitrogens with zero attached hydrogens (tertiary/aromatic N) is 1. The summed E-state index contributed by atoms with van der Waals surface area (Å²) in [4.78, 5) is 2.46. The van der Waals surface area contributed by atoms with E-state index in [9.17, 15) is 0 Å². The van der Waals surface area contributed by atoms with Gasteiger partial charge in [0.25, 0.3) is 0 Å². The van der Waals surface area contributed by atoms with Crippen LogP contribution in [0.3, 0.4) is 0 Å². The Bertz CT molecular complexity index is 121. The van der Waals surface area contributed by atoms with Gasteiger partial charge in [0.15, 0.2) is 0 Å². The van der Waals surface area contributed by atoms with Crippen LogP contribution in [0.2, 0.25) is 0 Å². The summed E-state index contributed by atoms with van der Waals surface area (Å²) in [6.07, 6.45) is 5.06. The fraction of sp³-hybridized carbons (Fsp3) is 1.00. The smallest absolute Gasteiger partial charge is 0.00694 e. The molecule has 0 aromatic heterocycles. The third-order valence-corrected chi connectivity index (χ3v) is 3.02. The molecule has 0 radical (unpaired) electrons. The predicted molar refractivity (Wildman–Crippen MR) is 53.2 cm³/mol. The Kier molecular flexibility index (Phi) is 3.26. The standard InChI is InChI=1S/C9H19NS/c1-9(4-5-9)8-10(2)6-7-11-3/h4-8H2,1-3H3. The quantitative estimate of drug-likeness (QED) is 0.626. The van der Waals surface area contributed by atoms with E-state index in [2.05, 4.69) is 25.1 Å². The van der Waals surface area contributed by atoms with Crippen molar-refractivity contribution in [1.29, 1.82) is 0 Å². The second-order valence-corrected chi connectivity index (χ2v) is 5.03. The molecule has 2 heteroatoms. The van der Waals surface area contributed by atoms with Crippen molar-refractivity contribution in [3.8, 4) is 0 Å². The molecular weight excluding hydrogens is 154 g/mol. The molecule has 1 aliphatic rings. The second-order valence-electron chi connectivity index (χ2n) is 4.04. The fourth-order valence-electron chi connectivity index (χ4n) is 1.35. The highest BCUT2D eigenvalue weighted by Gasteiger charge is 2.37. The normalized spacial score (nSPS) is 20.7. The zero-order chi connectivity index (χ0) is 8.32. The number of rotatable bonds is 5. The van der Waals surface area contributed by atoms with E-state index in [1.807, 2.05) is 11.8 Å². The predicted octanol–water partition coefficient (Wildman–Crippen LogP) is 2.08. The Balaban J connectivity index is 2.05. The molecule has 0 saturated heterocycles. The summed E-state index contributed by atoms with van der Waals surface area (Å²) in [5, 5.41) is 0. The van der Waals surface area contributed by atoms with Gasteiger partial charge in [0.2, 0.25) is 0 Å². The molecule has 0 spiro atoms. The number of hydrogen-bond donors (Lipinski definition) is 0. The van der Waals surface area contributed by atoms with Crippen molar-refractivity contribution in [3.05, 3.63) is 0 Å². The summed E-state index contributed by atoms with van der Waals surface area (Å²) < 4.78 is 0. The van der Waals surface area contributed by atoms with E-state index in [0.29, 0.717) is 5.41 Å². The lowest BCUT2D eigenvalue weighted by molar-refractivity contribution is 0.289. The lowest BCUT2D eigenvalue weighted by Gasteiger charge is -2.19. The lowest BCUT2D eigenvalue weighted by atomic mass is 10.1. The van der Waals surface area contributed by atoms with Gasteiger partial charge in [-0.3, -0.25) is 0 Å². The van der Waals surface area contributed by atoms with Crippen molar-refractivity contribution < 1.29 is 0 Å². The van der Waals surface area contributed by atoms with Crippen LogP contribution in [0.25, 0.3) is 0 Å². The molecule has 0 amide bonds. The lowest BCUT2D eigenvalue weighted by Crippen LogP contribution is -2.27. The van der Waals surface area contributed by atoms with Crippen molar-refractivity contribution in [1.82, 2.24) is 4.90 Å². The van der Waals surface area contributed by atoms with Gasteiger partial charge in [-0.15, -0.1) is 0 Å². The van der Waals surface area contributed by atoms with E-state index in [1.54, 1.807) is 0 Å². The molecule has 0 aromatic carbocycles. The number of thioether (sulfide) groups is 1. The zero-order valence-electron chi connectivity index (χ0n) is 7.89. The summed E-state index contributed by atoms with van der Waals surface area (Å²) in [6, 6.07) is 0. The molecule has 1 saturated carbocycles. The van der Waals surface area contributed by atoms with E-state index < -0.39 is 0 Å². The highest BCUT2D eigenvalue weighted by molar-refractivity contribution is 7.98. The van der Waals surface area contributed by atoms with Crippen LogP contribution in [0.4, 0.5) is 0 Å². The maximum atomic E-state index is 2.46. The van der Waals surface area contributed by atoms with Gasteiger partial charge in [-0.2, -0.15) is 11.8 Å². The second kappa shape index (κ2) is 3.81. The average molecular weight is 173 g/mol. The molecule has 66 valence electrons. The van der Waals surface area contributed by atoms with Crippen LogP contribution < -0.4 is 0 Å². The molecule has 0 N–H and O–H groups in total. The monoisotopic (exact) mass is 173 g/mol. The van der Waals surface area contributed by atoms with E-state index in [4.69, 9.17) is 0 Å². The SMILES string of the molecule is CSCCN(C)CC1(C)CC1. The first kappa shape index (κ1) is 9.40. The van der Waals surface area contributed by atoms with Crippen LogP contribution >= 0.6 is 11.8 Å². The molecule has 0 aromatic rings. The van der Waals surface area contributed by atoms with E-state index in [-0.39, 0.29) is 0 Å². The molecule has 0 atom stereocenters. The highest BCUT2D eigenvalue weighted by atomic mass is 32.2.